The van der Waals surface area contributed by atoms with Gasteiger partial charge < -0.3 is 19.7 Å². The number of benzene rings is 3. The molecular formula is C27H25ClN2O3. The Hall–Kier alpha value is -3.44. The SMILES string of the molecule is Cc1ccc(OCc2cc3cc(-c4ccc(N5CCCC5)cc4)c(Cl)cc3[nH]2)cc1C(=O)O. The van der Waals surface area contributed by atoms with Crippen LogP contribution in [0.5, 0.6) is 5.75 Å². The van der Waals surface area contributed by atoms with E-state index in [4.69, 9.17) is 16.3 Å². The summed E-state index contributed by atoms with van der Waals surface area (Å²) in [5.74, 6) is -0.437. The van der Waals surface area contributed by atoms with E-state index in [-0.39, 0.29) is 5.56 Å². The molecular weight excluding hydrogens is 436 g/mol. The molecule has 0 aliphatic carbocycles. The summed E-state index contributed by atoms with van der Waals surface area (Å²) in [6.45, 7) is 4.32. The minimum atomic E-state index is -0.959. The summed E-state index contributed by atoms with van der Waals surface area (Å²) in [5.41, 5.74) is 6.12. The number of anilines is 1. The molecule has 1 saturated heterocycles. The van der Waals surface area contributed by atoms with Crippen LogP contribution in [0.15, 0.2) is 60.7 Å². The Morgan fingerprint density at radius 1 is 1.06 bits per heavy atom. The maximum atomic E-state index is 11.4. The average molecular weight is 461 g/mol. The van der Waals surface area contributed by atoms with E-state index in [9.17, 15) is 9.90 Å². The number of nitrogens with one attached hydrogen (secondary N) is 1. The highest BCUT2D eigenvalue weighted by Gasteiger charge is 2.14. The van der Waals surface area contributed by atoms with E-state index in [1.54, 1.807) is 25.1 Å². The molecule has 1 fully saturated rings. The number of aryl methyl sites for hydroxylation is 1. The third kappa shape index (κ3) is 4.41. The molecule has 0 bridgehead atoms. The van der Waals surface area contributed by atoms with Crippen LogP contribution in [-0.2, 0) is 6.61 Å². The lowest BCUT2D eigenvalue weighted by molar-refractivity contribution is 0.0695. The van der Waals surface area contributed by atoms with E-state index in [1.165, 1.54) is 18.5 Å². The maximum absolute atomic E-state index is 11.4. The molecule has 0 amide bonds. The molecule has 0 spiro atoms. The van der Waals surface area contributed by atoms with Gasteiger partial charge in [-0.05, 0) is 73.4 Å². The van der Waals surface area contributed by atoms with Gasteiger partial charge in [-0.3, -0.25) is 0 Å². The lowest BCUT2D eigenvalue weighted by Crippen LogP contribution is -2.17. The number of carboxylic acid groups (broad SMARTS) is 1. The summed E-state index contributed by atoms with van der Waals surface area (Å²) in [4.78, 5) is 17.1. The zero-order valence-corrected chi connectivity index (χ0v) is 19.2. The number of halogens is 1. The number of hydrogen-bond donors (Lipinski definition) is 2. The summed E-state index contributed by atoms with van der Waals surface area (Å²) in [5, 5.41) is 11.0. The zero-order valence-electron chi connectivity index (χ0n) is 18.4. The van der Waals surface area contributed by atoms with Crippen LogP contribution in [0.25, 0.3) is 22.0 Å². The molecule has 6 heteroatoms. The van der Waals surface area contributed by atoms with Crippen molar-refractivity contribution in [3.05, 3.63) is 82.5 Å². The van der Waals surface area contributed by atoms with E-state index < -0.39 is 5.97 Å². The Morgan fingerprint density at radius 3 is 2.55 bits per heavy atom. The number of nitrogens with zero attached hydrogens (tertiary/aromatic N) is 1. The summed E-state index contributed by atoms with van der Waals surface area (Å²) in [7, 11) is 0. The number of aromatic nitrogens is 1. The van der Waals surface area contributed by atoms with Crippen LogP contribution in [0, 0.1) is 6.92 Å². The fourth-order valence-electron chi connectivity index (χ4n) is 4.42. The number of carboxylic acids is 1. The monoisotopic (exact) mass is 460 g/mol. The molecule has 4 aromatic rings. The minimum Gasteiger partial charge on any atom is -0.487 e. The number of hydrogen-bond acceptors (Lipinski definition) is 3. The van der Waals surface area contributed by atoms with E-state index in [2.05, 4.69) is 40.2 Å². The van der Waals surface area contributed by atoms with Crippen LogP contribution >= 0.6 is 11.6 Å². The molecule has 0 radical (unpaired) electrons. The van der Waals surface area contributed by atoms with E-state index in [1.807, 2.05) is 12.1 Å². The molecule has 2 heterocycles. The van der Waals surface area contributed by atoms with Crippen molar-refractivity contribution in [2.75, 3.05) is 18.0 Å². The van der Waals surface area contributed by atoms with Gasteiger partial charge >= 0.3 is 5.97 Å². The quantitative estimate of drug-likeness (QED) is 0.337. The second-order valence-corrected chi connectivity index (χ2v) is 8.93. The molecule has 0 saturated carbocycles. The number of ether oxygens (including phenoxy) is 1. The van der Waals surface area contributed by atoms with Gasteiger partial charge in [-0.1, -0.05) is 29.8 Å². The fraction of sp³-hybridized carbons (Fsp3) is 0.222. The van der Waals surface area contributed by atoms with Crippen molar-refractivity contribution >= 4 is 34.2 Å². The van der Waals surface area contributed by atoms with Crippen molar-refractivity contribution in [3.63, 3.8) is 0 Å². The highest BCUT2D eigenvalue weighted by atomic mass is 35.5. The van der Waals surface area contributed by atoms with E-state index in [0.717, 1.165) is 40.8 Å². The highest BCUT2D eigenvalue weighted by molar-refractivity contribution is 6.34. The molecule has 0 atom stereocenters. The van der Waals surface area contributed by atoms with Crippen molar-refractivity contribution in [1.82, 2.24) is 4.98 Å². The number of aromatic carboxylic acids is 1. The predicted octanol–water partition coefficient (Wildman–Crippen LogP) is 6.67. The Labute approximate surface area is 197 Å². The van der Waals surface area contributed by atoms with Crippen LogP contribution in [0.3, 0.4) is 0 Å². The number of aromatic amines is 1. The van der Waals surface area contributed by atoms with Gasteiger partial charge in [0, 0.05) is 35.2 Å². The maximum Gasteiger partial charge on any atom is 0.336 e. The number of carbonyl (C=O) groups is 1. The lowest BCUT2D eigenvalue weighted by atomic mass is 10.0. The second kappa shape index (κ2) is 8.83. The van der Waals surface area contributed by atoms with Crippen molar-refractivity contribution < 1.29 is 14.6 Å². The van der Waals surface area contributed by atoms with Gasteiger partial charge in [0.25, 0.3) is 0 Å². The van der Waals surface area contributed by atoms with Gasteiger partial charge in [-0.15, -0.1) is 0 Å². The highest BCUT2D eigenvalue weighted by Crippen LogP contribution is 2.34. The molecule has 1 aromatic heterocycles. The molecule has 0 unspecified atom stereocenters. The Kier molecular flexibility index (Phi) is 5.73. The number of H-pyrrole nitrogens is 1. The van der Waals surface area contributed by atoms with Crippen LogP contribution in [0.2, 0.25) is 5.02 Å². The molecule has 1 aliphatic rings. The molecule has 2 N–H and O–H groups in total. The summed E-state index contributed by atoms with van der Waals surface area (Å²) >= 11 is 6.63. The Balaban J connectivity index is 1.36. The first-order chi connectivity index (χ1) is 16.0. The number of rotatable bonds is 6. The first-order valence-electron chi connectivity index (χ1n) is 11.1. The van der Waals surface area contributed by atoms with Gasteiger partial charge in [-0.2, -0.15) is 0 Å². The first-order valence-corrected chi connectivity index (χ1v) is 11.5. The largest absolute Gasteiger partial charge is 0.487 e. The Bertz CT molecular complexity index is 1320. The third-order valence-electron chi connectivity index (χ3n) is 6.25. The van der Waals surface area contributed by atoms with E-state index in [0.29, 0.717) is 22.9 Å². The lowest BCUT2D eigenvalue weighted by Gasteiger charge is -2.18. The summed E-state index contributed by atoms with van der Waals surface area (Å²) in [6.07, 6.45) is 2.52. The Morgan fingerprint density at radius 2 is 1.82 bits per heavy atom. The minimum absolute atomic E-state index is 0.247. The van der Waals surface area contributed by atoms with Crippen molar-refractivity contribution in [3.8, 4) is 16.9 Å². The first kappa shape index (κ1) is 21.4. The smallest absolute Gasteiger partial charge is 0.336 e. The van der Waals surface area contributed by atoms with Gasteiger partial charge in [-0.25, -0.2) is 4.79 Å². The van der Waals surface area contributed by atoms with Gasteiger partial charge in [0.15, 0.2) is 0 Å². The van der Waals surface area contributed by atoms with Crippen molar-refractivity contribution in [2.24, 2.45) is 0 Å². The number of fused-ring (bicyclic) bond motifs is 1. The topological polar surface area (TPSA) is 65.6 Å². The molecule has 33 heavy (non-hydrogen) atoms. The predicted molar refractivity (Wildman–Crippen MR) is 133 cm³/mol. The molecule has 5 nitrogen and oxygen atoms in total. The van der Waals surface area contributed by atoms with Gasteiger partial charge in [0.2, 0.25) is 0 Å². The zero-order chi connectivity index (χ0) is 22.9. The average Bonchev–Trinajstić information content (AvgIpc) is 3.48. The van der Waals surface area contributed by atoms with Crippen LogP contribution in [0.1, 0.15) is 34.5 Å². The van der Waals surface area contributed by atoms with Gasteiger partial charge in [0.1, 0.15) is 12.4 Å². The third-order valence-corrected chi connectivity index (χ3v) is 6.56. The van der Waals surface area contributed by atoms with Crippen LogP contribution < -0.4 is 9.64 Å². The molecule has 3 aromatic carbocycles. The van der Waals surface area contributed by atoms with Crippen LogP contribution in [0.4, 0.5) is 5.69 Å². The molecule has 168 valence electrons. The van der Waals surface area contributed by atoms with Crippen molar-refractivity contribution in [2.45, 2.75) is 26.4 Å². The fourth-order valence-corrected chi connectivity index (χ4v) is 4.70. The summed E-state index contributed by atoms with van der Waals surface area (Å²) in [6, 6.07) is 19.8. The summed E-state index contributed by atoms with van der Waals surface area (Å²) < 4.78 is 5.84. The standard InChI is InChI=1S/C27H25ClN2O3/c1-17-4-9-22(14-23(17)27(31)32)33-16-20-12-19-13-24(25(28)15-26(19)29-20)18-5-7-21(8-6-18)30-10-2-3-11-30/h4-9,12-15,29H,2-3,10-11,16H2,1H3,(H,31,32). The second-order valence-electron chi connectivity index (χ2n) is 8.53. The van der Waals surface area contributed by atoms with Crippen molar-refractivity contribution in [1.29, 1.82) is 0 Å². The molecule has 1 aliphatic heterocycles. The van der Waals surface area contributed by atoms with Crippen LogP contribution in [-0.4, -0.2) is 29.1 Å². The normalized spacial score (nSPS) is 13.6. The molecule has 5 rings (SSSR count). The van der Waals surface area contributed by atoms with E-state index >= 15 is 0 Å². The van der Waals surface area contributed by atoms with Gasteiger partial charge in [0.05, 0.1) is 16.3 Å².